The molecule has 0 amide bonds. The predicted molar refractivity (Wildman–Crippen MR) is 101 cm³/mol. The van der Waals surface area contributed by atoms with Crippen LogP contribution in [-0.2, 0) is 13.2 Å². The first-order chi connectivity index (χ1) is 11.5. The predicted octanol–water partition coefficient (Wildman–Crippen LogP) is 3.94. The summed E-state index contributed by atoms with van der Waals surface area (Å²) in [6.07, 6.45) is 0. The molecule has 0 aliphatic carbocycles. The van der Waals surface area contributed by atoms with Crippen molar-refractivity contribution < 1.29 is 4.74 Å². The number of likely N-dealkylation sites (N-methyl/N-ethyl adjacent to an activating group) is 1. The van der Waals surface area contributed by atoms with Gasteiger partial charge in [-0.15, -0.1) is 0 Å². The van der Waals surface area contributed by atoms with Gasteiger partial charge in [-0.3, -0.25) is 0 Å². The van der Waals surface area contributed by atoms with E-state index in [1.165, 1.54) is 11.1 Å². The lowest BCUT2D eigenvalue weighted by molar-refractivity contribution is 0.288. The molecule has 2 aromatic carbocycles. The van der Waals surface area contributed by atoms with Gasteiger partial charge in [0, 0.05) is 19.1 Å². The maximum absolute atomic E-state index is 5.84. The van der Waals surface area contributed by atoms with E-state index in [4.69, 9.17) is 4.74 Å². The van der Waals surface area contributed by atoms with Crippen molar-refractivity contribution in [3.63, 3.8) is 0 Å². The van der Waals surface area contributed by atoms with Gasteiger partial charge in [-0.2, -0.15) is 0 Å². The van der Waals surface area contributed by atoms with Crippen LogP contribution in [-0.4, -0.2) is 31.6 Å². The molecule has 0 bridgehead atoms. The second-order valence-electron chi connectivity index (χ2n) is 6.91. The van der Waals surface area contributed by atoms with Crippen LogP contribution in [0.1, 0.15) is 25.0 Å². The molecule has 0 saturated carbocycles. The minimum Gasteiger partial charge on any atom is -0.489 e. The highest BCUT2D eigenvalue weighted by atomic mass is 16.5. The summed E-state index contributed by atoms with van der Waals surface area (Å²) < 4.78 is 5.84. The van der Waals surface area contributed by atoms with Crippen molar-refractivity contribution in [2.75, 3.05) is 20.6 Å². The highest BCUT2D eigenvalue weighted by molar-refractivity contribution is 5.27. The summed E-state index contributed by atoms with van der Waals surface area (Å²) in [5.74, 6) is 1.53. The van der Waals surface area contributed by atoms with Gasteiger partial charge < -0.3 is 15.0 Å². The molecule has 0 radical (unpaired) electrons. The SMILES string of the molecule is CC(C)C(CN(C)C)NCc1ccc(OCc2ccccc2)cc1. The topological polar surface area (TPSA) is 24.5 Å². The number of benzene rings is 2. The lowest BCUT2D eigenvalue weighted by Crippen LogP contribution is -2.41. The lowest BCUT2D eigenvalue weighted by Gasteiger charge is -2.25. The van der Waals surface area contributed by atoms with Crippen molar-refractivity contribution in [3.8, 4) is 5.75 Å². The molecule has 0 fully saturated rings. The van der Waals surface area contributed by atoms with E-state index in [0.29, 0.717) is 18.6 Å². The lowest BCUT2D eigenvalue weighted by atomic mass is 10.0. The molecule has 3 heteroatoms. The molecular weight excluding hydrogens is 296 g/mol. The van der Waals surface area contributed by atoms with E-state index in [1.54, 1.807) is 0 Å². The normalized spacial score (nSPS) is 12.6. The van der Waals surface area contributed by atoms with E-state index >= 15 is 0 Å². The van der Waals surface area contributed by atoms with Crippen molar-refractivity contribution in [1.29, 1.82) is 0 Å². The number of ether oxygens (including phenoxy) is 1. The largest absolute Gasteiger partial charge is 0.489 e. The molecule has 1 N–H and O–H groups in total. The van der Waals surface area contributed by atoms with Gasteiger partial charge in [-0.05, 0) is 43.3 Å². The molecular formula is C21H30N2O. The number of nitrogens with zero attached hydrogens (tertiary/aromatic N) is 1. The summed E-state index contributed by atoms with van der Waals surface area (Å²) in [7, 11) is 4.24. The molecule has 0 aliphatic rings. The first kappa shape index (κ1) is 18.5. The zero-order valence-electron chi connectivity index (χ0n) is 15.3. The van der Waals surface area contributed by atoms with Gasteiger partial charge in [0.2, 0.25) is 0 Å². The highest BCUT2D eigenvalue weighted by Crippen LogP contribution is 2.15. The van der Waals surface area contributed by atoms with Crippen molar-refractivity contribution in [3.05, 3.63) is 65.7 Å². The highest BCUT2D eigenvalue weighted by Gasteiger charge is 2.13. The van der Waals surface area contributed by atoms with Gasteiger partial charge in [0.15, 0.2) is 0 Å². The Bertz CT molecular complexity index is 579. The van der Waals surface area contributed by atoms with Crippen molar-refractivity contribution in [2.24, 2.45) is 5.92 Å². The van der Waals surface area contributed by atoms with Crippen LogP contribution in [0.4, 0.5) is 0 Å². The van der Waals surface area contributed by atoms with Crippen LogP contribution in [0.5, 0.6) is 5.75 Å². The Kier molecular flexibility index (Phi) is 7.29. The van der Waals surface area contributed by atoms with E-state index in [0.717, 1.165) is 18.8 Å². The van der Waals surface area contributed by atoms with E-state index in [9.17, 15) is 0 Å². The summed E-state index contributed by atoms with van der Waals surface area (Å²) >= 11 is 0. The number of hydrogen-bond acceptors (Lipinski definition) is 3. The first-order valence-electron chi connectivity index (χ1n) is 8.68. The van der Waals surface area contributed by atoms with E-state index in [2.05, 4.69) is 74.6 Å². The zero-order valence-corrected chi connectivity index (χ0v) is 15.3. The fourth-order valence-corrected chi connectivity index (χ4v) is 2.60. The average Bonchev–Trinajstić information content (AvgIpc) is 2.58. The van der Waals surface area contributed by atoms with Gasteiger partial charge in [0.05, 0.1) is 0 Å². The molecule has 0 aliphatic heterocycles. The third kappa shape index (κ3) is 6.34. The Hall–Kier alpha value is -1.84. The zero-order chi connectivity index (χ0) is 17.4. The summed E-state index contributed by atoms with van der Waals surface area (Å²) in [5.41, 5.74) is 2.47. The monoisotopic (exact) mass is 326 g/mol. The second-order valence-corrected chi connectivity index (χ2v) is 6.91. The van der Waals surface area contributed by atoms with Crippen molar-refractivity contribution in [1.82, 2.24) is 10.2 Å². The third-order valence-electron chi connectivity index (χ3n) is 4.11. The third-order valence-corrected chi connectivity index (χ3v) is 4.11. The summed E-state index contributed by atoms with van der Waals surface area (Å²) in [5, 5.41) is 3.66. The van der Waals surface area contributed by atoms with Crippen LogP contribution in [0.3, 0.4) is 0 Å². The fraction of sp³-hybridized carbons (Fsp3) is 0.429. The summed E-state index contributed by atoms with van der Waals surface area (Å²) in [4.78, 5) is 2.23. The maximum atomic E-state index is 5.84. The van der Waals surface area contributed by atoms with Gasteiger partial charge >= 0.3 is 0 Å². The van der Waals surface area contributed by atoms with Crippen molar-refractivity contribution in [2.45, 2.75) is 33.0 Å². The Morgan fingerprint density at radius 3 is 2.17 bits per heavy atom. The van der Waals surface area contributed by atoms with E-state index in [-0.39, 0.29) is 0 Å². The molecule has 3 nitrogen and oxygen atoms in total. The Morgan fingerprint density at radius 2 is 1.58 bits per heavy atom. The molecule has 0 heterocycles. The fourth-order valence-electron chi connectivity index (χ4n) is 2.60. The van der Waals surface area contributed by atoms with Crippen LogP contribution in [0.2, 0.25) is 0 Å². The van der Waals surface area contributed by atoms with E-state index < -0.39 is 0 Å². The molecule has 1 atom stereocenters. The maximum Gasteiger partial charge on any atom is 0.119 e. The standard InChI is InChI=1S/C21H30N2O/c1-17(2)21(15-23(3)4)22-14-18-10-12-20(13-11-18)24-16-19-8-6-5-7-9-19/h5-13,17,21-22H,14-16H2,1-4H3. The van der Waals surface area contributed by atoms with Gasteiger partial charge in [-0.25, -0.2) is 0 Å². The summed E-state index contributed by atoms with van der Waals surface area (Å²) in [6.45, 7) is 7.08. The Morgan fingerprint density at radius 1 is 0.917 bits per heavy atom. The number of rotatable bonds is 9. The first-order valence-corrected chi connectivity index (χ1v) is 8.68. The molecule has 0 saturated heterocycles. The molecule has 0 spiro atoms. The summed E-state index contributed by atoms with van der Waals surface area (Å²) in [6, 6.07) is 19.1. The molecule has 2 aromatic rings. The second kappa shape index (κ2) is 9.45. The van der Waals surface area contributed by atoms with Crippen LogP contribution in [0, 0.1) is 5.92 Å². The van der Waals surface area contributed by atoms with E-state index in [1.807, 2.05) is 18.2 Å². The minimum atomic E-state index is 0.494. The quantitative estimate of drug-likeness (QED) is 0.755. The number of hydrogen-bond donors (Lipinski definition) is 1. The molecule has 130 valence electrons. The molecule has 0 aromatic heterocycles. The number of nitrogens with one attached hydrogen (secondary N) is 1. The average molecular weight is 326 g/mol. The van der Waals surface area contributed by atoms with Gasteiger partial charge in [0.1, 0.15) is 12.4 Å². The molecule has 1 unspecified atom stereocenters. The van der Waals surface area contributed by atoms with Crippen LogP contribution >= 0.6 is 0 Å². The van der Waals surface area contributed by atoms with Gasteiger partial charge in [-0.1, -0.05) is 56.3 Å². The Balaban J connectivity index is 1.83. The molecule has 24 heavy (non-hydrogen) atoms. The van der Waals surface area contributed by atoms with Crippen LogP contribution in [0.25, 0.3) is 0 Å². The van der Waals surface area contributed by atoms with Crippen LogP contribution < -0.4 is 10.1 Å². The Labute approximate surface area is 146 Å². The van der Waals surface area contributed by atoms with Gasteiger partial charge in [0.25, 0.3) is 0 Å². The van der Waals surface area contributed by atoms with Crippen molar-refractivity contribution >= 4 is 0 Å². The molecule has 2 rings (SSSR count). The van der Waals surface area contributed by atoms with Crippen LogP contribution in [0.15, 0.2) is 54.6 Å². The smallest absolute Gasteiger partial charge is 0.119 e. The minimum absolute atomic E-state index is 0.494.